The van der Waals surface area contributed by atoms with Crippen LogP contribution in [-0.4, -0.2) is 52.8 Å². The zero-order valence-corrected chi connectivity index (χ0v) is 19.7. The first-order valence-electron chi connectivity index (χ1n) is 10.8. The molecule has 3 heterocycles. The number of amides is 2. The number of hydrogen-bond acceptors (Lipinski definition) is 4. The van der Waals surface area contributed by atoms with Gasteiger partial charge in [-0.05, 0) is 43.3 Å². The first-order chi connectivity index (χ1) is 16.0. The van der Waals surface area contributed by atoms with Gasteiger partial charge >= 0.3 is 0 Å². The molecule has 2 aromatic heterocycles. The van der Waals surface area contributed by atoms with Crippen molar-refractivity contribution in [2.24, 2.45) is 0 Å². The van der Waals surface area contributed by atoms with Gasteiger partial charge in [0, 0.05) is 41.6 Å². The molecule has 166 valence electrons. The standard InChI is InChI=1S/C26H22BrN3O3/c1-17-4-6-18(7-5-17)23-16-21(20-15-19(27)8-9-22(20)28-23)25(31)29-10-12-30(13-11-29)26(32)24-3-2-14-33-24/h2-9,14-16H,10-13H2,1H3. The molecule has 1 fully saturated rings. The Balaban J connectivity index is 1.44. The molecule has 0 aliphatic carbocycles. The molecule has 0 saturated carbocycles. The molecule has 0 bridgehead atoms. The number of carbonyl (C=O) groups is 2. The zero-order valence-electron chi connectivity index (χ0n) is 18.1. The number of hydrogen-bond donors (Lipinski definition) is 0. The van der Waals surface area contributed by atoms with Gasteiger partial charge in [-0.25, -0.2) is 4.98 Å². The minimum atomic E-state index is -0.146. The van der Waals surface area contributed by atoms with Crippen LogP contribution in [0, 0.1) is 6.92 Å². The van der Waals surface area contributed by atoms with Crippen LogP contribution < -0.4 is 0 Å². The summed E-state index contributed by atoms with van der Waals surface area (Å²) in [5.74, 6) is 0.119. The molecule has 0 unspecified atom stereocenters. The molecule has 6 nitrogen and oxygen atoms in total. The van der Waals surface area contributed by atoms with E-state index in [0.717, 1.165) is 26.6 Å². The van der Waals surface area contributed by atoms with Crippen molar-refractivity contribution in [1.29, 1.82) is 0 Å². The summed E-state index contributed by atoms with van der Waals surface area (Å²) in [5, 5.41) is 0.805. The number of nitrogens with zero attached hydrogens (tertiary/aromatic N) is 3. The number of aryl methyl sites for hydroxylation is 1. The van der Waals surface area contributed by atoms with Crippen molar-refractivity contribution in [3.63, 3.8) is 0 Å². The van der Waals surface area contributed by atoms with Gasteiger partial charge in [0.2, 0.25) is 0 Å². The summed E-state index contributed by atoms with van der Waals surface area (Å²) >= 11 is 3.52. The Hall–Kier alpha value is -3.45. The summed E-state index contributed by atoms with van der Waals surface area (Å²) in [6.07, 6.45) is 1.49. The second-order valence-electron chi connectivity index (χ2n) is 8.14. The van der Waals surface area contributed by atoms with Gasteiger partial charge in [0.15, 0.2) is 5.76 Å². The Bertz CT molecular complexity index is 1330. The molecule has 0 N–H and O–H groups in total. The summed E-state index contributed by atoms with van der Waals surface area (Å²) in [5.41, 5.74) is 4.28. The van der Waals surface area contributed by atoms with Crippen molar-refractivity contribution in [3.8, 4) is 11.3 Å². The number of carbonyl (C=O) groups excluding carboxylic acids is 2. The Morgan fingerprint density at radius 3 is 2.27 bits per heavy atom. The van der Waals surface area contributed by atoms with Crippen molar-refractivity contribution >= 4 is 38.6 Å². The maximum Gasteiger partial charge on any atom is 0.289 e. The Morgan fingerprint density at radius 1 is 0.909 bits per heavy atom. The Kier molecular flexibility index (Phi) is 5.72. The lowest BCUT2D eigenvalue weighted by molar-refractivity contribution is 0.0519. The van der Waals surface area contributed by atoms with E-state index in [2.05, 4.69) is 15.9 Å². The molecule has 2 aromatic carbocycles. The first kappa shape index (κ1) is 21.4. The van der Waals surface area contributed by atoms with E-state index in [1.54, 1.807) is 21.9 Å². The molecular formula is C26H22BrN3O3. The number of pyridine rings is 1. The van der Waals surface area contributed by atoms with Crippen LogP contribution in [0.3, 0.4) is 0 Å². The van der Waals surface area contributed by atoms with Crippen LogP contribution in [0.1, 0.15) is 26.5 Å². The van der Waals surface area contributed by atoms with Gasteiger partial charge in [-0.2, -0.15) is 0 Å². The molecule has 2 amide bonds. The van der Waals surface area contributed by atoms with E-state index in [0.29, 0.717) is 37.5 Å². The summed E-state index contributed by atoms with van der Waals surface area (Å²) in [6.45, 7) is 3.89. The van der Waals surface area contributed by atoms with Gasteiger partial charge in [0.1, 0.15) is 0 Å². The second kappa shape index (κ2) is 8.83. The van der Waals surface area contributed by atoms with Gasteiger partial charge in [-0.1, -0.05) is 45.8 Å². The van der Waals surface area contributed by atoms with Crippen molar-refractivity contribution in [2.75, 3.05) is 26.2 Å². The minimum Gasteiger partial charge on any atom is -0.459 e. The van der Waals surface area contributed by atoms with Crippen LogP contribution in [0.15, 0.2) is 75.8 Å². The Labute approximate surface area is 200 Å². The summed E-state index contributed by atoms with van der Waals surface area (Å²) < 4.78 is 6.12. The van der Waals surface area contributed by atoms with Crippen LogP contribution >= 0.6 is 15.9 Å². The summed E-state index contributed by atoms with van der Waals surface area (Å²) in [6, 6.07) is 19.2. The number of fused-ring (bicyclic) bond motifs is 1. The minimum absolute atomic E-state index is 0.0565. The maximum atomic E-state index is 13.6. The van der Waals surface area contributed by atoms with E-state index in [1.165, 1.54) is 11.8 Å². The second-order valence-corrected chi connectivity index (χ2v) is 9.06. The number of rotatable bonds is 3. The first-order valence-corrected chi connectivity index (χ1v) is 11.6. The SMILES string of the molecule is Cc1ccc(-c2cc(C(=O)N3CCN(C(=O)c4ccco4)CC3)c3cc(Br)ccc3n2)cc1. The smallest absolute Gasteiger partial charge is 0.289 e. The van der Waals surface area contributed by atoms with Crippen LogP contribution in [0.2, 0.25) is 0 Å². The third-order valence-electron chi connectivity index (χ3n) is 5.93. The highest BCUT2D eigenvalue weighted by atomic mass is 79.9. The maximum absolute atomic E-state index is 13.6. The molecule has 0 radical (unpaired) electrons. The van der Waals surface area contributed by atoms with E-state index >= 15 is 0 Å². The number of furan rings is 1. The molecule has 1 aliphatic rings. The van der Waals surface area contributed by atoms with E-state index in [-0.39, 0.29) is 11.8 Å². The number of aromatic nitrogens is 1. The molecule has 7 heteroatoms. The van der Waals surface area contributed by atoms with Crippen LogP contribution in [0.25, 0.3) is 22.2 Å². The molecule has 33 heavy (non-hydrogen) atoms. The molecule has 5 rings (SSSR count). The van der Waals surface area contributed by atoms with Gasteiger partial charge in [-0.3, -0.25) is 9.59 Å². The topological polar surface area (TPSA) is 66.7 Å². The number of halogens is 1. The fraction of sp³-hybridized carbons (Fsp3) is 0.192. The highest BCUT2D eigenvalue weighted by Gasteiger charge is 2.28. The van der Waals surface area contributed by atoms with Crippen LogP contribution in [0.4, 0.5) is 0 Å². The average Bonchev–Trinajstić information content (AvgIpc) is 3.38. The highest BCUT2D eigenvalue weighted by molar-refractivity contribution is 9.10. The van der Waals surface area contributed by atoms with Crippen LogP contribution in [0.5, 0.6) is 0 Å². The van der Waals surface area contributed by atoms with Crippen LogP contribution in [-0.2, 0) is 0 Å². The predicted octanol–water partition coefficient (Wildman–Crippen LogP) is 5.16. The lowest BCUT2D eigenvalue weighted by Gasteiger charge is -2.34. The fourth-order valence-corrected chi connectivity index (χ4v) is 4.45. The zero-order chi connectivity index (χ0) is 22.9. The third kappa shape index (κ3) is 4.28. The van der Waals surface area contributed by atoms with E-state index in [9.17, 15) is 9.59 Å². The van der Waals surface area contributed by atoms with Gasteiger partial charge in [0.25, 0.3) is 11.8 Å². The van der Waals surface area contributed by atoms with Crippen molar-refractivity contribution in [2.45, 2.75) is 6.92 Å². The van der Waals surface area contributed by atoms with Gasteiger partial charge in [0.05, 0.1) is 23.0 Å². The molecule has 0 atom stereocenters. The van der Waals surface area contributed by atoms with Gasteiger partial charge in [-0.15, -0.1) is 0 Å². The monoisotopic (exact) mass is 503 g/mol. The largest absolute Gasteiger partial charge is 0.459 e. The molecule has 4 aromatic rings. The quantitative estimate of drug-likeness (QED) is 0.387. The van der Waals surface area contributed by atoms with Crippen molar-refractivity contribution in [1.82, 2.24) is 14.8 Å². The molecule has 0 spiro atoms. The highest BCUT2D eigenvalue weighted by Crippen LogP contribution is 2.28. The van der Waals surface area contributed by atoms with E-state index in [1.807, 2.05) is 55.5 Å². The average molecular weight is 504 g/mol. The third-order valence-corrected chi connectivity index (χ3v) is 6.43. The predicted molar refractivity (Wildman–Crippen MR) is 130 cm³/mol. The van der Waals surface area contributed by atoms with E-state index in [4.69, 9.17) is 9.40 Å². The molecular weight excluding hydrogens is 482 g/mol. The lowest BCUT2D eigenvalue weighted by Crippen LogP contribution is -2.50. The lowest BCUT2D eigenvalue weighted by atomic mass is 10.0. The van der Waals surface area contributed by atoms with Crippen molar-refractivity contribution in [3.05, 3.63) is 88.3 Å². The van der Waals surface area contributed by atoms with Crippen molar-refractivity contribution < 1.29 is 14.0 Å². The van der Waals surface area contributed by atoms with Gasteiger partial charge < -0.3 is 14.2 Å². The Morgan fingerprint density at radius 2 is 1.61 bits per heavy atom. The summed E-state index contributed by atoms with van der Waals surface area (Å²) in [4.78, 5) is 34.5. The fourth-order valence-electron chi connectivity index (χ4n) is 4.09. The normalized spacial score (nSPS) is 14.0. The molecule has 1 aliphatic heterocycles. The molecule has 1 saturated heterocycles. The summed E-state index contributed by atoms with van der Waals surface area (Å²) in [7, 11) is 0. The van der Waals surface area contributed by atoms with E-state index < -0.39 is 0 Å². The number of piperazine rings is 1. The number of benzene rings is 2.